The molecule has 2 heterocycles. The van der Waals surface area contributed by atoms with Gasteiger partial charge < -0.3 is 15.0 Å². The van der Waals surface area contributed by atoms with E-state index in [4.69, 9.17) is 10.5 Å². The number of nitrogens with two attached hydrogens (primary N) is 1. The molecule has 96 valence electrons. The zero-order valence-corrected chi connectivity index (χ0v) is 10.4. The first kappa shape index (κ1) is 11.5. The van der Waals surface area contributed by atoms with Crippen LogP contribution in [0.15, 0.2) is 36.9 Å². The molecule has 0 saturated carbocycles. The number of hydrogen-bond acceptors (Lipinski definition) is 3. The summed E-state index contributed by atoms with van der Waals surface area (Å²) in [5.41, 5.74) is 7.57. The van der Waals surface area contributed by atoms with E-state index >= 15 is 0 Å². The van der Waals surface area contributed by atoms with Gasteiger partial charge >= 0.3 is 0 Å². The molecule has 2 N–H and O–H groups in total. The predicted molar refractivity (Wildman–Crippen MR) is 71.4 cm³/mol. The molecule has 5 nitrogen and oxygen atoms in total. The van der Waals surface area contributed by atoms with Gasteiger partial charge in [0.1, 0.15) is 11.9 Å². The SMILES string of the molecule is CC1Oc2ccc(C(N)=O)cc2C=C1n1ccnc1. The average molecular weight is 255 g/mol. The summed E-state index contributed by atoms with van der Waals surface area (Å²) in [5, 5.41) is 0. The van der Waals surface area contributed by atoms with E-state index in [1.165, 1.54) is 0 Å². The zero-order chi connectivity index (χ0) is 13.4. The maximum atomic E-state index is 11.2. The molecule has 19 heavy (non-hydrogen) atoms. The highest BCUT2D eigenvalue weighted by Gasteiger charge is 2.20. The lowest BCUT2D eigenvalue weighted by Gasteiger charge is -2.25. The number of rotatable bonds is 2. The van der Waals surface area contributed by atoms with Crippen molar-refractivity contribution < 1.29 is 9.53 Å². The Bertz CT molecular complexity index is 659. The summed E-state index contributed by atoms with van der Waals surface area (Å²) >= 11 is 0. The summed E-state index contributed by atoms with van der Waals surface area (Å²) in [6.45, 7) is 1.97. The molecule has 0 fully saturated rings. The number of carbonyl (C=O) groups is 1. The van der Waals surface area contributed by atoms with Gasteiger partial charge in [-0.15, -0.1) is 0 Å². The van der Waals surface area contributed by atoms with Crippen molar-refractivity contribution in [3.8, 4) is 5.75 Å². The maximum absolute atomic E-state index is 11.2. The van der Waals surface area contributed by atoms with Gasteiger partial charge in [-0.05, 0) is 31.2 Å². The Morgan fingerprint density at radius 3 is 3.00 bits per heavy atom. The Morgan fingerprint density at radius 1 is 1.47 bits per heavy atom. The quantitative estimate of drug-likeness (QED) is 0.888. The topological polar surface area (TPSA) is 70.1 Å². The highest BCUT2D eigenvalue weighted by atomic mass is 16.5. The third-order valence-electron chi connectivity index (χ3n) is 3.12. The molecule has 1 aliphatic rings. The van der Waals surface area contributed by atoms with Crippen molar-refractivity contribution in [3.63, 3.8) is 0 Å². The van der Waals surface area contributed by atoms with Crippen molar-refractivity contribution in [2.45, 2.75) is 13.0 Å². The highest BCUT2D eigenvalue weighted by Crippen LogP contribution is 2.32. The predicted octanol–water partition coefficient (Wildman–Crippen LogP) is 1.76. The number of fused-ring (bicyclic) bond motifs is 1. The lowest BCUT2D eigenvalue weighted by atomic mass is 10.0. The van der Waals surface area contributed by atoms with Crippen LogP contribution in [0, 0.1) is 0 Å². The van der Waals surface area contributed by atoms with Crippen molar-refractivity contribution in [2.75, 3.05) is 0 Å². The third kappa shape index (κ3) is 1.99. The largest absolute Gasteiger partial charge is 0.484 e. The summed E-state index contributed by atoms with van der Waals surface area (Å²) in [7, 11) is 0. The van der Waals surface area contributed by atoms with Crippen LogP contribution in [0.5, 0.6) is 5.75 Å². The monoisotopic (exact) mass is 255 g/mol. The number of hydrogen-bond donors (Lipinski definition) is 1. The minimum atomic E-state index is -0.445. The molecule has 0 radical (unpaired) electrons. The molecular weight excluding hydrogens is 242 g/mol. The van der Waals surface area contributed by atoms with E-state index in [1.807, 2.05) is 23.8 Å². The maximum Gasteiger partial charge on any atom is 0.248 e. The van der Waals surface area contributed by atoms with Crippen LogP contribution >= 0.6 is 0 Å². The summed E-state index contributed by atoms with van der Waals surface area (Å²) < 4.78 is 7.73. The Labute approximate surface area is 110 Å². The summed E-state index contributed by atoms with van der Waals surface area (Å²) in [6, 6.07) is 5.18. The van der Waals surface area contributed by atoms with E-state index in [0.29, 0.717) is 5.56 Å². The van der Waals surface area contributed by atoms with Gasteiger partial charge in [-0.3, -0.25) is 4.79 Å². The summed E-state index contributed by atoms with van der Waals surface area (Å²) in [6.07, 6.45) is 7.19. The van der Waals surface area contributed by atoms with Crippen LogP contribution in [0.4, 0.5) is 0 Å². The number of primary amides is 1. The highest BCUT2D eigenvalue weighted by molar-refractivity contribution is 5.94. The van der Waals surface area contributed by atoms with Gasteiger partial charge in [-0.25, -0.2) is 4.98 Å². The molecule has 1 amide bonds. The minimum Gasteiger partial charge on any atom is -0.484 e. The van der Waals surface area contributed by atoms with E-state index in [9.17, 15) is 4.79 Å². The molecule has 0 saturated heterocycles. The summed E-state index contributed by atoms with van der Waals surface area (Å²) in [4.78, 5) is 15.2. The molecule has 1 aromatic carbocycles. The first-order chi connectivity index (χ1) is 9.15. The second-order valence-electron chi connectivity index (χ2n) is 4.42. The molecule has 1 atom stereocenters. The van der Waals surface area contributed by atoms with Crippen LogP contribution in [0.25, 0.3) is 11.8 Å². The van der Waals surface area contributed by atoms with E-state index in [-0.39, 0.29) is 6.10 Å². The second-order valence-corrected chi connectivity index (χ2v) is 4.42. The Balaban J connectivity index is 2.09. The van der Waals surface area contributed by atoms with Gasteiger partial charge in [-0.2, -0.15) is 0 Å². The number of ether oxygens (including phenoxy) is 1. The first-order valence-electron chi connectivity index (χ1n) is 5.95. The number of carbonyl (C=O) groups excluding carboxylic acids is 1. The normalized spacial score (nSPS) is 17.3. The second kappa shape index (κ2) is 4.28. The van der Waals surface area contributed by atoms with E-state index in [1.54, 1.807) is 30.7 Å². The average Bonchev–Trinajstić information content (AvgIpc) is 2.91. The number of benzene rings is 1. The van der Waals surface area contributed by atoms with Gasteiger partial charge in [0.2, 0.25) is 5.91 Å². The number of aromatic nitrogens is 2. The van der Waals surface area contributed by atoms with Crippen LogP contribution in [-0.4, -0.2) is 21.6 Å². The van der Waals surface area contributed by atoms with E-state index < -0.39 is 5.91 Å². The molecular formula is C14H13N3O2. The Kier molecular flexibility index (Phi) is 2.59. The molecule has 2 aromatic rings. The third-order valence-corrected chi connectivity index (χ3v) is 3.12. The number of nitrogens with zero attached hydrogens (tertiary/aromatic N) is 2. The van der Waals surface area contributed by atoms with Gasteiger partial charge in [-0.1, -0.05) is 0 Å². The van der Waals surface area contributed by atoms with Crippen LogP contribution in [0.3, 0.4) is 0 Å². The van der Waals surface area contributed by atoms with E-state index in [0.717, 1.165) is 17.0 Å². The summed E-state index contributed by atoms with van der Waals surface area (Å²) in [5.74, 6) is 0.306. The lowest BCUT2D eigenvalue weighted by Crippen LogP contribution is -2.21. The van der Waals surface area contributed by atoms with Gasteiger partial charge in [0.05, 0.1) is 12.0 Å². The standard InChI is InChI=1S/C14H13N3O2/c1-9-12(17-5-4-16-8-17)7-11-6-10(14(15)18)2-3-13(11)19-9/h2-9H,1H3,(H2,15,18). The lowest BCUT2D eigenvalue weighted by molar-refractivity contribution is 0.1000. The van der Waals surface area contributed by atoms with Gasteiger partial charge in [0.25, 0.3) is 0 Å². The molecule has 5 heteroatoms. The van der Waals surface area contributed by atoms with Crippen molar-refractivity contribution in [3.05, 3.63) is 48.0 Å². The van der Waals surface area contributed by atoms with E-state index in [2.05, 4.69) is 4.98 Å². The van der Waals surface area contributed by atoms with Crippen molar-refractivity contribution >= 4 is 17.7 Å². The smallest absolute Gasteiger partial charge is 0.248 e. The molecule has 0 bridgehead atoms. The molecule has 1 unspecified atom stereocenters. The Hall–Kier alpha value is -2.56. The van der Waals surface area contributed by atoms with Crippen molar-refractivity contribution in [1.29, 1.82) is 0 Å². The van der Waals surface area contributed by atoms with Crippen LogP contribution < -0.4 is 10.5 Å². The van der Waals surface area contributed by atoms with Crippen LogP contribution in [0.1, 0.15) is 22.8 Å². The molecule has 0 spiro atoms. The molecule has 1 aliphatic heterocycles. The number of imidazole rings is 1. The van der Waals surface area contributed by atoms with Crippen molar-refractivity contribution in [1.82, 2.24) is 9.55 Å². The molecule has 0 aliphatic carbocycles. The first-order valence-corrected chi connectivity index (χ1v) is 5.95. The Morgan fingerprint density at radius 2 is 2.32 bits per heavy atom. The van der Waals surface area contributed by atoms with Gasteiger partial charge in [0, 0.05) is 23.5 Å². The van der Waals surface area contributed by atoms with Crippen molar-refractivity contribution in [2.24, 2.45) is 5.73 Å². The van der Waals surface area contributed by atoms with Crippen LogP contribution in [-0.2, 0) is 0 Å². The number of amides is 1. The molecule has 3 rings (SSSR count). The zero-order valence-electron chi connectivity index (χ0n) is 10.4. The fourth-order valence-corrected chi connectivity index (χ4v) is 2.15. The van der Waals surface area contributed by atoms with Crippen LogP contribution in [0.2, 0.25) is 0 Å². The fourth-order valence-electron chi connectivity index (χ4n) is 2.15. The van der Waals surface area contributed by atoms with Gasteiger partial charge in [0.15, 0.2) is 0 Å². The fraction of sp³-hybridized carbons (Fsp3) is 0.143. The molecule has 1 aromatic heterocycles. The minimum absolute atomic E-state index is 0.0823.